The molecule has 2 heterocycles. The second-order valence-corrected chi connectivity index (χ2v) is 6.19. The molecule has 0 spiro atoms. The normalized spacial score (nSPS) is 10.8. The summed E-state index contributed by atoms with van der Waals surface area (Å²) in [6.45, 7) is 1.39. The fourth-order valence-electron chi connectivity index (χ4n) is 3.01. The van der Waals surface area contributed by atoms with E-state index in [2.05, 4.69) is 39.6 Å². The maximum Gasteiger partial charge on any atom is 0.278 e. The lowest BCUT2D eigenvalue weighted by molar-refractivity contribution is -0.383. The molecule has 0 saturated carbocycles. The molecule has 0 atom stereocenters. The van der Waals surface area contributed by atoms with Crippen molar-refractivity contribution in [1.29, 1.82) is 0 Å². The van der Waals surface area contributed by atoms with E-state index in [1.165, 1.54) is 11.6 Å². The molecule has 7 nitrogen and oxygen atoms in total. The van der Waals surface area contributed by atoms with Gasteiger partial charge in [-0.25, -0.2) is 4.98 Å². The van der Waals surface area contributed by atoms with Crippen LogP contribution in [0.5, 0.6) is 0 Å². The highest BCUT2D eigenvalue weighted by molar-refractivity contribution is 5.96. The van der Waals surface area contributed by atoms with Gasteiger partial charge in [0.2, 0.25) is 0 Å². The molecule has 0 fully saturated rings. The van der Waals surface area contributed by atoms with Crippen molar-refractivity contribution in [2.45, 2.75) is 13.1 Å². The zero-order valence-electron chi connectivity index (χ0n) is 14.4. The van der Waals surface area contributed by atoms with E-state index in [9.17, 15) is 10.1 Å². The van der Waals surface area contributed by atoms with Crippen LogP contribution in [-0.4, -0.2) is 19.5 Å². The molecule has 0 amide bonds. The molecule has 0 aliphatic carbocycles. The summed E-state index contributed by atoms with van der Waals surface area (Å²) in [4.78, 5) is 19.2. The lowest BCUT2D eigenvalue weighted by Crippen LogP contribution is -2.02. The second kappa shape index (κ2) is 7.25. The van der Waals surface area contributed by atoms with Gasteiger partial charge in [-0.2, -0.15) is 0 Å². The van der Waals surface area contributed by atoms with Crippen LogP contribution in [0.25, 0.3) is 10.9 Å². The van der Waals surface area contributed by atoms with Crippen LogP contribution in [-0.2, 0) is 13.1 Å². The number of pyridine rings is 1. The fourth-order valence-corrected chi connectivity index (χ4v) is 3.01. The number of imidazole rings is 1. The Hall–Kier alpha value is -3.74. The minimum atomic E-state index is -0.382. The quantitative estimate of drug-likeness (QED) is 0.415. The van der Waals surface area contributed by atoms with E-state index in [1.54, 1.807) is 36.9 Å². The van der Waals surface area contributed by atoms with Gasteiger partial charge in [0, 0.05) is 37.7 Å². The molecule has 4 rings (SSSR count). The van der Waals surface area contributed by atoms with Gasteiger partial charge in [-0.05, 0) is 29.3 Å². The summed E-state index contributed by atoms with van der Waals surface area (Å²) in [5, 5.41) is 15.1. The molecule has 27 heavy (non-hydrogen) atoms. The predicted octanol–water partition coefficient (Wildman–Crippen LogP) is 4.00. The summed E-state index contributed by atoms with van der Waals surface area (Å²) in [5.74, 6) is 0. The van der Waals surface area contributed by atoms with Crippen molar-refractivity contribution in [3.05, 3.63) is 94.7 Å². The molecule has 0 radical (unpaired) electrons. The van der Waals surface area contributed by atoms with Gasteiger partial charge < -0.3 is 9.88 Å². The lowest BCUT2D eigenvalue weighted by atomic mass is 10.1. The molecule has 2 aromatic carbocycles. The van der Waals surface area contributed by atoms with Crippen molar-refractivity contribution in [2.75, 3.05) is 5.32 Å². The van der Waals surface area contributed by atoms with Crippen molar-refractivity contribution in [2.24, 2.45) is 0 Å². The molecule has 0 saturated heterocycles. The van der Waals surface area contributed by atoms with Gasteiger partial charge in [0.25, 0.3) is 5.69 Å². The van der Waals surface area contributed by atoms with E-state index in [-0.39, 0.29) is 10.6 Å². The van der Waals surface area contributed by atoms with Crippen LogP contribution in [0, 0.1) is 10.1 Å². The summed E-state index contributed by atoms with van der Waals surface area (Å²) in [6.07, 6.45) is 7.13. The average Bonchev–Trinajstić information content (AvgIpc) is 3.20. The van der Waals surface area contributed by atoms with E-state index in [0.717, 1.165) is 17.8 Å². The Balaban J connectivity index is 1.50. The Morgan fingerprint density at radius 2 is 1.85 bits per heavy atom. The number of anilines is 1. The standard InChI is InChI=1S/C20H17N5O2/c26-25(27)19-8-7-18(20-17(19)2-1-9-22-20)23-12-15-3-5-16(6-4-15)13-24-11-10-21-14-24/h1-11,14,23H,12-13H2. The lowest BCUT2D eigenvalue weighted by Gasteiger charge is -2.10. The zero-order valence-corrected chi connectivity index (χ0v) is 14.4. The van der Waals surface area contributed by atoms with Crippen molar-refractivity contribution in [3.8, 4) is 0 Å². The van der Waals surface area contributed by atoms with E-state index in [1.807, 2.05) is 10.8 Å². The van der Waals surface area contributed by atoms with Gasteiger partial charge in [0.1, 0.15) is 5.52 Å². The first-order valence-electron chi connectivity index (χ1n) is 8.50. The molecular weight excluding hydrogens is 342 g/mol. The van der Waals surface area contributed by atoms with Crippen LogP contribution < -0.4 is 5.32 Å². The Labute approximate surface area is 155 Å². The topological polar surface area (TPSA) is 85.9 Å². The zero-order chi connectivity index (χ0) is 18.6. The van der Waals surface area contributed by atoms with E-state index in [4.69, 9.17) is 0 Å². The summed E-state index contributed by atoms with van der Waals surface area (Å²) < 4.78 is 2.02. The van der Waals surface area contributed by atoms with Gasteiger partial charge in [-0.1, -0.05) is 24.3 Å². The van der Waals surface area contributed by atoms with Crippen LogP contribution in [0.15, 0.2) is 73.4 Å². The smallest absolute Gasteiger partial charge is 0.278 e. The number of nitrogens with zero attached hydrogens (tertiary/aromatic N) is 4. The predicted molar refractivity (Wildman–Crippen MR) is 103 cm³/mol. The molecule has 4 aromatic rings. The van der Waals surface area contributed by atoms with Gasteiger partial charge in [-0.15, -0.1) is 0 Å². The summed E-state index contributed by atoms with van der Waals surface area (Å²) in [6, 6.07) is 15.0. The first-order chi connectivity index (χ1) is 13.2. The SMILES string of the molecule is O=[N+]([O-])c1ccc(NCc2ccc(Cn3ccnc3)cc2)c2ncccc12. The molecular formula is C20H17N5O2. The van der Waals surface area contributed by atoms with E-state index in [0.29, 0.717) is 17.4 Å². The number of fused-ring (bicyclic) bond motifs is 1. The molecule has 7 heteroatoms. The van der Waals surface area contributed by atoms with E-state index >= 15 is 0 Å². The number of rotatable bonds is 6. The number of aromatic nitrogens is 3. The Bertz CT molecular complexity index is 1080. The van der Waals surface area contributed by atoms with Crippen LogP contribution in [0.4, 0.5) is 11.4 Å². The molecule has 1 N–H and O–H groups in total. The van der Waals surface area contributed by atoms with Crippen LogP contribution in [0.1, 0.15) is 11.1 Å². The summed E-state index contributed by atoms with van der Waals surface area (Å²) in [5.41, 5.74) is 3.75. The molecule has 0 aliphatic rings. The van der Waals surface area contributed by atoms with Crippen LogP contribution in [0.3, 0.4) is 0 Å². The highest BCUT2D eigenvalue weighted by atomic mass is 16.6. The monoisotopic (exact) mass is 359 g/mol. The third-order valence-corrected chi connectivity index (χ3v) is 4.37. The molecule has 0 aliphatic heterocycles. The molecule has 134 valence electrons. The van der Waals surface area contributed by atoms with Crippen LogP contribution >= 0.6 is 0 Å². The highest BCUT2D eigenvalue weighted by Gasteiger charge is 2.14. The first kappa shape index (κ1) is 16.7. The number of nitro benzene ring substituents is 1. The average molecular weight is 359 g/mol. The molecule has 2 aromatic heterocycles. The summed E-state index contributed by atoms with van der Waals surface area (Å²) in [7, 11) is 0. The fraction of sp³-hybridized carbons (Fsp3) is 0.100. The van der Waals surface area contributed by atoms with Crippen molar-refractivity contribution in [1.82, 2.24) is 14.5 Å². The number of hydrogen-bond acceptors (Lipinski definition) is 5. The van der Waals surface area contributed by atoms with Gasteiger partial charge in [0.15, 0.2) is 0 Å². The summed E-state index contributed by atoms with van der Waals surface area (Å²) >= 11 is 0. The van der Waals surface area contributed by atoms with Crippen LogP contribution in [0.2, 0.25) is 0 Å². The van der Waals surface area contributed by atoms with Crippen molar-refractivity contribution < 1.29 is 4.92 Å². The van der Waals surface area contributed by atoms with Gasteiger partial charge in [0.05, 0.1) is 22.3 Å². The minimum Gasteiger partial charge on any atom is -0.379 e. The second-order valence-electron chi connectivity index (χ2n) is 6.19. The minimum absolute atomic E-state index is 0.0625. The number of nitrogens with one attached hydrogen (secondary N) is 1. The van der Waals surface area contributed by atoms with Crippen molar-refractivity contribution >= 4 is 22.3 Å². The third kappa shape index (κ3) is 3.62. The maximum atomic E-state index is 11.2. The highest BCUT2D eigenvalue weighted by Crippen LogP contribution is 2.29. The molecule has 0 bridgehead atoms. The number of non-ortho nitro benzene ring substituents is 1. The van der Waals surface area contributed by atoms with Gasteiger partial charge >= 0.3 is 0 Å². The first-order valence-corrected chi connectivity index (χ1v) is 8.50. The number of benzene rings is 2. The third-order valence-electron chi connectivity index (χ3n) is 4.37. The Morgan fingerprint density at radius 1 is 1.04 bits per heavy atom. The Kier molecular flexibility index (Phi) is 4.49. The number of nitro groups is 1. The van der Waals surface area contributed by atoms with Gasteiger partial charge in [-0.3, -0.25) is 15.1 Å². The van der Waals surface area contributed by atoms with Crippen molar-refractivity contribution in [3.63, 3.8) is 0 Å². The molecule has 0 unspecified atom stereocenters. The Morgan fingerprint density at radius 3 is 2.59 bits per heavy atom. The number of hydrogen-bond donors (Lipinski definition) is 1. The van der Waals surface area contributed by atoms with E-state index < -0.39 is 0 Å². The largest absolute Gasteiger partial charge is 0.379 e. The maximum absolute atomic E-state index is 11.2.